The number of nitrogens with one attached hydrogen (secondary N) is 1. The van der Waals surface area contributed by atoms with Crippen LogP contribution in [0.2, 0.25) is 0 Å². The number of nitrogens with zero attached hydrogens (tertiary/aromatic N) is 1. The van der Waals surface area contributed by atoms with E-state index in [2.05, 4.69) is 17.3 Å². The normalized spacial score (nSPS) is 24.0. The Kier molecular flexibility index (Phi) is 9.12. The summed E-state index contributed by atoms with van der Waals surface area (Å²) >= 11 is 0. The molecule has 2 aliphatic rings. The first kappa shape index (κ1) is 14.9. The minimum Gasteiger partial charge on any atom is -0.315 e. The number of likely N-dealkylation sites (N-methyl/N-ethyl adjacent to an activating group) is 1. The molecule has 1 N–H and O–H groups in total. The Bertz CT molecular complexity index is 126. The lowest BCUT2D eigenvalue weighted by atomic mass is 10.2. The Morgan fingerprint density at radius 2 is 1.67 bits per heavy atom. The van der Waals surface area contributed by atoms with Crippen molar-refractivity contribution in [3.63, 3.8) is 0 Å². The summed E-state index contributed by atoms with van der Waals surface area (Å²) in [7, 11) is 2.27. The van der Waals surface area contributed by atoms with Gasteiger partial charge in [0.25, 0.3) is 0 Å². The largest absolute Gasteiger partial charge is 0.315 e. The van der Waals surface area contributed by atoms with Gasteiger partial charge in [0.15, 0.2) is 0 Å². The van der Waals surface area contributed by atoms with Crippen molar-refractivity contribution < 1.29 is 0 Å². The lowest BCUT2D eigenvalue weighted by Gasteiger charge is -2.22. The van der Waals surface area contributed by atoms with Crippen LogP contribution in [-0.2, 0) is 0 Å². The second-order valence-electron chi connectivity index (χ2n) is 4.03. The molecule has 1 heterocycles. The maximum absolute atomic E-state index is 3.41. The van der Waals surface area contributed by atoms with Crippen molar-refractivity contribution in [2.45, 2.75) is 53.0 Å². The van der Waals surface area contributed by atoms with E-state index in [1.54, 1.807) is 0 Å². The fourth-order valence-electron chi connectivity index (χ4n) is 1.87. The average molecular weight is 214 g/mol. The van der Waals surface area contributed by atoms with Gasteiger partial charge >= 0.3 is 0 Å². The first-order valence-electron chi connectivity index (χ1n) is 6.77. The molecule has 2 rings (SSSR count). The highest BCUT2D eigenvalue weighted by Gasteiger charge is 2.26. The highest BCUT2D eigenvalue weighted by Crippen LogP contribution is 2.30. The molecule has 1 saturated heterocycles. The van der Waals surface area contributed by atoms with E-state index in [1.807, 2.05) is 27.7 Å². The number of rotatable bonds is 3. The monoisotopic (exact) mass is 214 g/mol. The molecule has 0 aromatic carbocycles. The SMILES string of the molecule is CC.CC.CN(CC1CC1)C1CCNC1. The summed E-state index contributed by atoms with van der Waals surface area (Å²) in [5.41, 5.74) is 0. The molecule has 1 aliphatic carbocycles. The molecule has 2 nitrogen and oxygen atoms in total. The van der Waals surface area contributed by atoms with Crippen molar-refractivity contribution in [3.05, 3.63) is 0 Å². The Morgan fingerprint density at radius 3 is 2.07 bits per heavy atom. The predicted octanol–water partition coefficient (Wildman–Crippen LogP) is 2.74. The van der Waals surface area contributed by atoms with Gasteiger partial charge in [-0.15, -0.1) is 0 Å². The van der Waals surface area contributed by atoms with Gasteiger partial charge in [0.2, 0.25) is 0 Å². The van der Waals surface area contributed by atoms with E-state index in [0.29, 0.717) is 0 Å². The van der Waals surface area contributed by atoms with E-state index in [0.717, 1.165) is 12.0 Å². The minimum absolute atomic E-state index is 0.829. The Hall–Kier alpha value is -0.0800. The second kappa shape index (κ2) is 9.17. The van der Waals surface area contributed by atoms with Gasteiger partial charge in [0, 0.05) is 19.1 Å². The van der Waals surface area contributed by atoms with Gasteiger partial charge in [-0.05, 0) is 38.8 Å². The van der Waals surface area contributed by atoms with Crippen molar-refractivity contribution in [3.8, 4) is 0 Å². The third-order valence-corrected chi connectivity index (χ3v) is 2.90. The number of hydrogen-bond acceptors (Lipinski definition) is 2. The van der Waals surface area contributed by atoms with Crippen LogP contribution in [0.25, 0.3) is 0 Å². The van der Waals surface area contributed by atoms with Gasteiger partial charge in [-0.3, -0.25) is 0 Å². The Labute approximate surface area is 96.4 Å². The topological polar surface area (TPSA) is 15.3 Å². The third-order valence-electron chi connectivity index (χ3n) is 2.90. The molecule has 1 unspecified atom stereocenters. The molecular formula is C13H30N2. The van der Waals surface area contributed by atoms with Crippen molar-refractivity contribution in [1.29, 1.82) is 0 Å². The molecule has 2 heteroatoms. The standard InChI is InChI=1S/C9H18N2.2C2H6/c1-11(7-8-2-3-8)9-4-5-10-6-9;2*1-2/h8-10H,2-7H2,1H3;2*1-2H3. The molecule has 1 aliphatic heterocycles. The smallest absolute Gasteiger partial charge is 0.0229 e. The fourth-order valence-corrected chi connectivity index (χ4v) is 1.87. The summed E-state index contributed by atoms with van der Waals surface area (Å²) in [4.78, 5) is 2.54. The van der Waals surface area contributed by atoms with Crippen LogP contribution < -0.4 is 5.32 Å². The molecule has 1 saturated carbocycles. The van der Waals surface area contributed by atoms with E-state index in [4.69, 9.17) is 0 Å². The summed E-state index contributed by atoms with van der Waals surface area (Å²) in [6, 6.07) is 0.829. The van der Waals surface area contributed by atoms with Crippen molar-refractivity contribution in [2.24, 2.45) is 5.92 Å². The summed E-state index contributed by atoms with van der Waals surface area (Å²) in [5, 5.41) is 3.41. The van der Waals surface area contributed by atoms with E-state index in [1.165, 1.54) is 38.9 Å². The fraction of sp³-hybridized carbons (Fsp3) is 1.00. The Morgan fingerprint density at radius 1 is 1.07 bits per heavy atom. The van der Waals surface area contributed by atoms with E-state index < -0.39 is 0 Å². The van der Waals surface area contributed by atoms with Crippen LogP contribution in [0.4, 0.5) is 0 Å². The Balaban J connectivity index is 0.000000442. The molecule has 0 bridgehead atoms. The molecule has 0 radical (unpaired) electrons. The number of hydrogen-bond donors (Lipinski definition) is 1. The minimum atomic E-state index is 0.829. The third kappa shape index (κ3) is 6.16. The van der Waals surface area contributed by atoms with Crippen molar-refractivity contribution in [2.75, 3.05) is 26.7 Å². The summed E-state index contributed by atoms with van der Waals surface area (Å²) in [5.74, 6) is 1.04. The van der Waals surface area contributed by atoms with E-state index in [-0.39, 0.29) is 0 Å². The lowest BCUT2D eigenvalue weighted by molar-refractivity contribution is 0.247. The summed E-state index contributed by atoms with van der Waals surface area (Å²) in [6.07, 6.45) is 4.30. The van der Waals surface area contributed by atoms with Gasteiger partial charge in [-0.25, -0.2) is 0 Å². The molecule has 1 atom stereocenters. The first-order valence-corrected chi connectivity index (χ1v) is 6.77. The van der Waals surface area contributed by atoms with Crippen LogP contribution in [0.15, 0.2) is 0 Å². The maximum Gasteiger partial charge on any atom is 0.0229 e. The summed E-state index contributed by atoms with van der Waals surface area (Å²) < 4.78 is 0. The van der Waals surface area contributed by atoms with Crippen LogP contribution in [0.3, 0.4) is 0 Å². The lowest BCUT2D eigenvalue weighted by Crippen LogP contribution is -2.34. The van der Waals surface area contributed by atoms with Gasteiger partial charge < -0.3 is 10.2 Å². The molecule has 0 spiro atoms. The summed E-state index contributed by atoms with van der Waals surface area (Å²) in [6.45, 7) is 11.8. The van der Waals surface area contributed by atoms with Crippen LogP contribution in [-0.4, -0.2) is 37.6 Å². The first-order chi connectivity index (χ1) is 7.36. The van der Waals surface area contributed by atoms with Gasteiger partial charge in [-0.1, -0.05) is 27.7 Å². The van der Waals surface area contributed by atoms with E-state index >= 15 is 0 Å². The molecule has 0 aromatic heterocycles. The highest BCUT2D eigenvalue weighted by atomic mass is 15.2. The van der Waals surface area contributed by atoms with Crippen molar-refractivity contribution in [1.82, 2.24) is 10.2 Å². The zero-order chi connectivity index (χ0) is 11.7. The van der Waals surface area contributed by atoms with Crippen molar-refractivity contribution >= 4 is 0 Å². The zero-order valence-electron chi connectivity index (χ0n) is 11.3. The zero-order valence-corrected chi connectivity index (χ0v) is 11.3. The van der Waals surface area contributed by atoms with Crippen LogP contribution in [0.5, 0.6) is 0 Å². The molecule has 0 amide bonds. The van der Waals surface area contributed by atoms with E-state index in [9.17, 15) is 0 Å². The molecule has 0 aromatic rings. The van der Waals surface area contributed by atoms with Crippen LogP contribution in [0.1, 0.15) is 47.0 Å². The predicted molar refractivity (Wildman–Crippen MR) is 69.3 cm³/mol. The molecule has 2 fully saturated rings. The van der Waals surface area contributed by atoms with Gasteiger partial charge in [0.1, 0.15) is 0 Å². The molecule has 92 valence electrons. The quantitative estimate of drug-likeness (QED) is 0.777. The van der Waals surface area contributed by atoms with Crippen LogP contribution in [0, 0.1) is 5.92 Å². The molecular weight excluding hydrogens is 184 g/mol. The second-order valence-corrected chi connectivity index (χ2v) is 4.03. The van der Waals surface area contributed by atoms with Gasteiger partial charge in [-0.2, -0.15) is 0 Å². The van der Waals surface area contributed by atoms with Gasteiger partial charge in [0.05, 0.1) is 0 Å². The highest BCUT2D eigenvalue weighted by molar-refractivity contribution is 4.83. The maximum atomic E-state index is 3.41. The average Bonchev–Trinajstić information content (AvgIpc) is 2.95. The van der Waals surface area contributed by atoms with Crippen LogP contribution >= 0.6 is 0 Å². The molecule has 15 heavy (non-hydrogen) atoms.